The molecule has 5 nitrogen and oxygen atoms in total. The summed E-state index contributed by atoms with van der Waals surface area (Å²) >= 11 is 0. The average molecular weight is 384 g/mol. The van der Waals surface area contributed by atoms with E-state index in [1.165, 1.54) is 0 Å². The van der Waals surface area contributed by atoms with E-state index in [1.807, 2.05) is 57.5 Å². The first kappa shape index (κ1) is 23.1. The minimum atomic E-state index is -0.358. The van der Waals surface area contributed by atoms with Gasteiger partial charge in [-0.15, -0.1) is 0 Å². The maximum Gasteiger partial charge on any atom is 0.338 e. The number of esters is 1. The van der Waals surface area contributed by atoms with Crippen LogP contribution in [0.15, 0.2) is 48.5 Å². The highest BCUT2D eigenvalue weighted by molar-refractivity contribution is 5.98. The van der Waals surface area contributed by atoms with Crippen LogP contribution in [-0.4, -0.2) is 37.9 Å². The number of hydrogen-bond donors (Lipinski definition) is 1. The molecule has 1 aromatic heterocycles. The zero-order valence-electron chi connectivity index (χ0n) is 15.5. The normalized spacial score (nSPS) is 10.7. The number of ketones is 1. The van der Waals surface area contributed by atoms with Crippen molar-refractivity contribution in [3.8, 4) is 0 Å². The highest BCUT2D eigenvalue weighted by Gasteiger charge is 2.16. The number of quaternary nitrogens is 1. The van der Waals surface area contributed by atoms with Crippen LogP contribution in [-0.2, 0) is 11.3 Å². The molecule has 0 radical (unpaired) electrons. The van der Waals surface area contributed by atoms with E-state index in [0.29, 0.717) is 15.6 Å². The number of aromatic nitrogens is 1. The van der Waals surface area contributed by atoms with Gasteiger partial charge in [-0.2, -0.15) is 0 Å². The number of Topliss-reactive ketones (excluding diaryl/α,β-unsaturated/α-hetero) is 1. The molecule has 0 fully saturated rings. The zero-order chi connectivity index (χ0) is 18.9. The van der Waals surface area contributed by atoms with Crippen LogP contribution in [0.2, 0.25) is 0 Å². The molecule has 3 rings (SSSR count). The van der Waals surface area contributed by atoms with Gasteiger partial charge in [-0.25, -0.2) is 4.79 Å². The Morgan fingerprint density at radius 3 is 2.32 bits per heavy atom. The molecular formula is C23H31N2O3+. The number of benzene rings is 2. The molecule has 150 valence electrons. The Morgan fingerprint density at radius 2 is 1.68 bits per heavy atom. The molecule has 0 saturated heterocycles. The Morgan fingerprint density at radius 1 is 0.964 bits per heavy atom. The summed E-state index contributed by atoms with van der Waals surface area (Å²) in [6.45, 7) is 1.69. The van der Waals surface area contributed by atoms with Crippen LogP contribution in [0, 0.1) is 0 Å². The highest BCUT2D eigenvalue weighted by atomic mass is 16.5. The number of nitrogens with one attached hydrogen (secondary N) is 1. The van der Waals surface area contributed by atoms with Crippen LogP contribution in [0.5, 0.6) is 0 Å². The standard InChI is InChI=1S/C21H22N2O3.2CH4/c1-14(24)15-8-9-20-17(10-15)11-18(22-20)13-26-21(25)16-6-5-7-19(12-16)23(2,3)4;;/h5-12H,13H2,1-4H3;2*1H4/p+1. The van der Waals surface area contributed by atoms with E-state index < -0.39 is 0 Å². The predicted molar refractivity (Wildman–Crippen MR) is 117 cm³/mol. The van der Waals surface area contributed by atoms with Crippen molar-refractivity contribution in [1.29, 1.82) is 0 Å². The Kier molecular flexibility index (Phi) is 7.30. The topological polar surface area (TPSA) is 59.2 Å². The second kappa shape index (κ2) is 8.85. The van der Waals surface area contributed by atoms with Crippen molar-refractivity contribution in [1.82, 2.24) is 9.47 Å². The molecule has 1 N–H and O–H groups in total. The summed E-state index contributed by atoms with van der Waals surface area (Å²) in [7, 11) is 6.14. The maximum atomic E-state index is 12.4. The second-order valence-corrected chi connectivity index (χ2v) is 7.29. The van der Waals surface area contributed by atoms with Crippen molar-refractivity contribution >= 4 is 28.3 Å². The zero-order valence-corrected chi connectivity index (χ0v) is 15.5. The van der Waals surface area contributed by atoms with Gasteiger partial charge < -0.3 is 9.72 Å². The first-order valence-corrected chi connectivity index (χ1v) is 8.46. The van der Waals surface area contributed by atoms with Crippen LogP contribution < -0.4 is 4.48 Å². The Bertz CT molecular complexity index is 981. The number of carbonyl (C=O) groups is 2. The molecule has 0 saturated carbocycles. The second-order valence-electron chi connectivity index (χ2n) is 7.29. The van der Waals surface area contributed by atoms with Crippen molar-refractivity contribution in [2.75, 3.05) is 21.1 Å². The number of carbonyl (C=O) groups excluding carboxylic acids is 2. The van der Waals surface area contributed by atoms with Gasteiger partial charge in [0.25, 0.3) is 0 Å². The molecule has 1 heterocycles. The molecule has 0 aliphatic heterocycles. The molecule has 0 spiro atoms. The number of hydrogen-bond acceptors (Lipinski definition) is 3. The van der Waals surface area contributed by atoms with Crippen LogP contribution in [0.25, 0.3) is 10.9 Å². The van der Waals surface area contributed by atoms with Gasteiger partial charge in [0.2, 0.25) is 0 Å². The SMILES string of the molecule is C.C.CC(=O)c1ccc2[nH]c(COC(=O)c3cccc([N+](C)(C)C)c3)cc2c1. The third-order valence-electron chi connectivity index (χ3n) is 4.30. The van der Waals surface area contributed by atoms with Gasteiger partial charge in [0.15, 0.2) is 5.78 Å². The summed E-state index contributed by atoms with van der Waals surface area (Å²) in [4.78, 5) is 27.1. The molecule has 0 atom stereocenters. The molecule has 0 aliphatic rings. The quantitative estimate of drug-likeness (QED) is 0.374. The average Bonchev–Trinajstić information content (AvgIpc) is 3.01. The molecule has 5 heteroatoms. The fourth-order valence-electron chi connectivity index (χ4n) is 2.77. The fourth-order valence-corrected chi connectivity index (χ4v) is 2.77. The lowest BCUT2D eigenvalue weighted by Gasteiger charge is -2.23. The van der Waals surface area contributed by atoms with E-state index in [2.05, 4.69) is 4.98 Å². The number of H-pyrrole nitrogens is 1. The molecule has 0 unspecified atom stereocenters. The smallest absolute Gasteiger partial charge is 0.338 e. The lowest BCUT2D eigenvalue weighted by Crippen LogP contribution is -2.34. The maximum absolute atomic E-state index is 12.4. The van der Waals surface area contributed by atoms with Gasteiger partial charge in [-0.1, -0.05) is 20.9 Å². The number of aromatic amines is 1. The number of ether oxygens (including phenoxy) is 1. The van der Waals surface area contributed by atoms with E-state index >= 15 is 0 Å². The fraction of sp³-hybridized carbons (Fsp3) is 0.304. The van der Waals surface area contributed by atoms with Crippen LogP contribution in [0.1, 0.15) is 48.2 Å². The Labute approximate surface area is 167 Å². The van der Waals surface area contributed by atoms with Crippen molar-refractivity contribution < 1.29 is 14.3 Å². The summed E-state index contributed by atoms with van der Waals surface area (Å²) in [6.07, 6.45) is 0. The van der Waals surface area contributed by atoms with Crippen LogP contribution in [0.3, 0.4) is 0 Å². The van der Waals surface area contributed by atoms with E-state index in [0.717, 1.165) is 22.3 Å². The highest BCUT2D eigenvalue weighted by Crippen LogP contribution is 2.21. The van der Waals surface area contributed by atoms with E-state index in [9.17, 15) is 9.59 Å². The summed E-state index contributed by atoms with van der Waals surface area (Å²) in [5.74, 6) is -0.332. The van der Waals surface area contributed by atoms with E-state index in [4.69, 9.17) is 4.74 Å². The van der Waals surface area contributed by atoms with E-state index in [1.54, 1.807) is 19.1 Å². The lowest BCUT2D eigenvalue weighted by molar-refractivity contribution is 0.0468. The van der Waals surface area contributed by atoms with Crippen molar-refractivity contribution in [2.24, 2.45) is 0 Å². The van der Waals surface area contributed by atoms with Gasteiger partial charge in [0, 0.05) is 22.5 Å². The summed E-state index contributed by atoms with van der Waals surface area (Å²) in [5.41, 5.74) is 3.93. The molecule has 0 bridgehead atoms. The third kappa shape index (κ3) is 5.08. The molecule has 3 aromatic rings. The van der Waals surface area contributed by atoms with Crippen molar-refractivity contribution in [2.45, 2.75) is 28.4 Å². The first-order chi connectivity index (χ1) is 12.2. The van der Waals surface area contributed by atoms with Gasteiger partial charge >= 0.3 is 5.97 Å². The largest absolute Gasteiger partial charge is 0.456 e. The Balaban J connectivity index is 0.00000196. The van der Waals surface area contributed by atoms with Gasteiger partial charge in [0.1, 0.15) is 12.3 Å². The number of nitrogens with zero attached hydrogens (tertiary/aromatic N) is 1. The summed E-state index contributed by atoms with van der Waals surface area (Å²) < 4.78 is 6.07. The minimum Gasteiger partial charge on any atom is -0.456 e. The van der Waals surface area contributed by atoms with Crippen molar-refractivity contribution in [3.05, 3.63) is 65.4 Å². The van der Waals surface area contributed by atoms with Gasteiger partial charge in [-0.3, -0.25) is 9.28 Å². The number of fused-ring (bicyclic) bond motifs is 1. The molecule has 0 amide bonds. The molecular weight excluding hydrogens is 352 g/mol. The van der Waals surface area contributed by atoms with Gasteiger partial charge in [0.05, 0.1) is 32.4 Å². The Hall–Kier alpha value is -2.92. The summed E-state index contributed by atoms with van der Waals surface area (Å²) in [5, 5.41) is 0.927. The lowest BCUT2D eigenvalue weighted by atomic mass is 10.1. The summed E-state index contributed by atoms with van der Waals surface area (Å²) in [6, 6.07) is 14.8. The molecule has 0 aliphatic carbocycles. The van der Waals surface area contributed by atoms with E-state index in [-0.39, 0.29) is 33.2 Å². The first-order valence-electron chi connectivity index (χ1n) is 8.46. The minimum absolute atomic E-state index is 0. The monoisotopic (exact) mass is 383 g/mol. The van der Waals surface area contributed by atoms with Crippen LogP contribution >= 0.6 is 0 Å². The molecule has 2 aromatic carbocycles. The van der Waals surface area contributed by atoms with Crippen molar-refractivity contribution in [3.63, 3.8) is 0 Å². The predicted octanol–water partition coefficient (Wildman–Crippen LogP) is 5.20. The molecule has 28 heavy (non-hydrogen) atoms. The van der Waals surface area contributed by atoms with Gasteiger partial charge in [-0.05, 0) is 43.3 Å². The van der Waals surface area contributed by atoms with Crippen LogP contribution in [0.4, 0.5) is 5.69 Å². The number of rotatable bonds is 5. The third-order valence-corrected chi connectivity index (χ3v) is 4.30.